The van der Waals surface area contributed by atoms with E-state index in [-0.39, 0.29) is 0 Å². The minimum atomic E-state index is 0.499. The van der Waals surface area contributed by atoms with E-state index in [9.17, 15) is 0 Å². The van der Waals surface area contributed by atoms with E-state index in [0.29, 0.717) is 19.1 Å². The van der Waals surface area contributed by atoms with Crippen LogP contribution in [0.25, 0.3) is 10.9 Å². The number of ether oxygens (including phenoxy) is 2. The first-order chi connectivity index (χ1) is 14.8. The molecule has 3 heteroatoms. The smallest absolute Gasteiger partial charge is 0.148 e. The molecule has 30 heavy (non-hydrogen) atoms. The first-order valence-electron chi connectivity index (χ1n) is 10.4. The Hall–Kier alpha value is -3.64. The first-order valence-corrected chi connectivity index (χ1v) is 10.4. The molecule has 0 aliphatic heterocycles. The SMILES string of the molecule is C(#CC1CC1)c1cc(OCc2ccccc2)c2c(OCc3ccccc3)c[nH]c2c1. The van der Waals surface area contributed by atoms with Gasteiger partial charge in [0.1, 0.15) is 24.7 Å². The molecule has 0 saturated heterocycles. The molecule has 5 rings (SSSR count). The van der Waals surface area contributed by atoms with E-state index in [1.54, 1.807) is 0 Å². The number of benzene rings is 3. The summed E-state index contributed by atoms with van der Waals surface area (Å²) in [6, 6.07) is 24.5. The largest absolute Gasteiger partial charge is 0.488 e. The maximum absolute atomic E-state index is 6.25. The minimum absolute atomic E-state index is 0.499. The summed E-state index contributed by atoms with van der Waals surface area (Å²) >= 11 is 0. The highest BCUT2D eigenvalue weighted by Gasteiger charge is 2.18. The van der Waals surface area contributed by atoms with Crippen molar-refractivity contribution in [2.75, 3.05) is 0 Å². The van der Waals surface area contributed by atoms with Crippen LogP contribution >= 0.6 is 0 Å². The number of hydrogen-bond acceptors (Lipinski definition) is 2. The number of rotatable bonds is 6. The summed E-state index contributed by atoms with van der Waals surface area (Å²) in [5.74, 6) is 8.80. The molecule has 1 aliphatic carbocycles. The summed E-state index contributed by atoms with van der Waals surface area (Å²) in [5, 5.41) is 0.957. The number of hydrogen-bond donors (Lipinski definition) is 1. The lowest BCUT2D eigenvalue weighted by molar-refractivity contribution is 0.298. The van der Waals surface area contributed by atoms with Crippen molar-refractivity contribution in [2.45, 2.75) is 26.1 Å². The predicted molar refractivity (Wildman–Crippen MR) is 119 cm³/mol. The van der Waals surface area contributed by atoms with Crippen molar-refractivity contribution in [3.8, 4) is 23.3 Å². The maximum atomic E-state index is 6.25. The van der Waals surface area contributed by atoms with Crippen molar-refractivity contribution in [3.05, 3.63) is 95.7 Å². The van der Waals surface area contributed by atoms with Gasteiger partial charge < -0.3 is 14.5 Å². The summed E-state index contributed by atoms with van der Waals surface area (Å²) in [5.41, 5.74) is 4.20. The van der Waals surface area contributed by atoms with Gasteiger partial charge in [-0.2, -0.15) is 0 Å². The van der Waals surface area contributed by atoms with E-state index in [1.165, 1.54) is 12.8 Å². The Labute approximate surface area is 176 Å². The van der Waals surface area contributed by atoms with Gasteiger partial charge in [-0.05, 0) is 36.1 Å². The van der Waals surface area contributed by atoms with Crippen LogP contribution in [0.4, 0.5) is 0 Å². The van der Waals surface area contributed by atoms with Gasteiger partial charge >= 0.3 is 0 Å². The standard InChI is InChI=1S/C27H23NO2/c1-3-7-21(8-4-1)18-29-25-16-23(14-13-20-11-12-20)15-24-27(25)26(17-28-24)30-19-22-9-5-2-6-10-22/h1-10,15-17,20,28H,11-12,18-19H2. The lowest BCUT2D eigenvalue weighted by atomic mass is 10.1. The molecule has 148 valence electrons. The third-order valence-electron chi connectivity index (χ3n) is 5.18. The van der Waals surface area contributed by atoms with Crippen LogP contribution < -0.4 is 9.47 Å². The zero-order chi connectivity index (χ0) is 20.2. The van der Waals surface area contributed by atoms with Crippen molar-refractivity contribution >= 4 is 10.9 Å². The van der Waals surface area contributed by atoms with Gasteiger partial charge in [0.15, 0.2) is 0 Å². The molecule has 1 aromatic heterocycles. The number of aromatic amines is 1. The number of aromatic nitrogens is 1. The fraction of sp³-hybridized carbons (Fsp3) is 0.185. The highest BCUT2D eigenvalue weighted by atomic mass is 16.5. The Bertz CT molecular complexity index is 1200. The quantitative estimate of drug-likeness (QED) is 0.402. The predicted octanol–water partition coefficient (Wildman–Crippen LogP) is 6.09. The number of fused-ring (bicyclic) bond motifs is 1. The topological polar surface area (TPSA) is 34.2 Å². The molecule has 0 radical (unpaired) electrons. The third kappa shape index (κ3) is 4.34. The Kier molecular flexibility index (Phi) is 5.14. The van der Waals surface area contributed by atoms with E-state index in [1.807, 2.05) is 48.7 Å². The molecule has 1 heterocycles. The molecule has 1 fully saturated rings. The van der Waals surface area contributed by atoms with Gasteiger partial charge in [-0.1, -0.05) is 72.5 Å². The zero-order valence-electron chi connectivity index (χ0n) is 16.7. The molecular formula is C27H23NO2. The van der Waals surface area contributed by atoms with Crippen LogP contribution in [-0.4, -0.2) is 4.98 Å². The monoisotopic (exact) mass is 393 g/mol. The molecule has 0 amide bonds. The van der Waals surface area contributed by atoms with Gasteiger partial charge in [0, 0.05) is 17.7 Å². The van der Waals surface area contributed by atoms with E-state index in [4.69, 9.17) is 9.47 Å². The van der Waals surface area contributed by atoms with Crippen LogP contribution in [0.2, 0.25) is 0 Å². The van der Waals surface area contributed by atoms with Gasteiger partial charge in [-0.15, -0.1) is 0 Å². The summed E-state index contributed by atoms with van der Waals surface area (Å²) in [6.07, 6.45) is 4.33. The molecule has 3 aromatic carbocycles. The summed E-state index contributed by atoms with van der Waals surface area (Å²) < 4.78 is 12.4. The van der Waals surface area contributed by atoms with Crippen molar-refractivity contribution in [3.63, 3.8) is 0 Å². The average Bonchev–Trinajstić information content (AvgIpc) is 3.54. The van der Waals surface area contributed by atoms with E-state index < -0.39 is 0 Å². The van der Waals surface area contributed by atoms with E-state index in [0.717, 1.165) is 39.1 Å². The van der Waals surface area contributed by atoms with Crippen molar-refractivity contribution < 1.29 is 9.47 Å². The van der Waals surface area contributed by atoms with Crippen molar-refractivity contribution in [1.29, 1.82) is 0 Å². The Morgan fingerprint density at radius 3 is 2.07 bits per heavy atom. The molecule has 0 unspecified atom stereocenters. The summed E-state index contributed by atoms with van der Waals surface area (Å²) in [6.45, 7) is 1.01. The van der Waals surface area contributed by atoms with Crippen molar-refractivity contribution in [1.82, 2.24) is 4.98 Å². The molecule has 1 aliphatic rings. The molecule has 1 saturated carbocycles. The Morgan fingerprint density at radius 2 is 1.43 bits per heavy atom. The zero-order valence-corrected chi connectivity index (χ0v) is 16.7. The maximum Gasteiger partial charge on any atom is 0.148 e. The van der Waals surface area contributed by atoms with Gasteiger partial charge in [0.2, 0.25) is 0 Å². The fourth-order valence-electron chi connectivity index (χ4n) is 3.38. The molecule has 1 N–H and O–H groups in total. The van der Waals surface area contributed by atoms with Crippen LogP contribution in [0.5, 0.6) is 11.5 Å². The molecule has 3 nitrogen and oxygen atoms in total. The molecule has 0 spiro atoms. The molecular weight excluding hydrogens is 370 g/mol. The average molecular weight is 393 g/mol. The van der Waals surface area contributed by atoms with E-state index >= 15 is 0 Å². The second kappa shape index (κ2) is 8.39. The fourth-order valence-corrected chi connectivity index (χ4v) is 3.38. The van der Waals surface area contributed by atoms with Crippen LogP contribution in [0.1, 0.15) is 29.5 Å². The molecule has 0 atom stereocenters. The highest BCUT2D eigenvalue weighted by Crippen LogP contribution is 2.36. The lowest BCUT2D eigenvalue weighted by Crippen LogP contribution is -1.98. The minimum Gasteiger partial charge on any atom is -0.488 e. The molecule has 4 aromatic rings. The van der Waals surface area contributed by atoms with Crippen LogP contribution in [0.15, 0.2) is 79.0 Å². The van der Waals surface area contributed by atoms with Crippen LogP contribution in [-0.2, 0) is 13.2 Å². The van der Waals surface area contributed by atoms with Gasteiger partial charge in [0.05, 0.1) is 10.9 Å². The van der Waals surface area contributed by atoms with E-state index in [2.05, 4.69) is 47.2 Å². The number of nitrogens with one attached hydrogen (secondary N) is 1. The lowest BCUT2D eigenvalue weighted by Gasteiger charge is -2.11. The third-order valence-corrected chi connectivity index (χ3v) is 5.18. The second-order valence-corrected chi connectivity index (χ2v) is 7.64. The Morgan fingerprint density at radius 1 is 0.800 bits per heavy atom. The summed E-state index contributed by atoms with van der Waals surface area (Å²) in [7, 11) is 0. The number of H-pyrrole nitrogens is 1. The first kappa shape index (κ1) is 18.4. The Balaban J connectivity index is 1.46. The van der Waals surface area contributed by atoms with Crippen LogP contribution in [0, 0.1) is 17.8 Å². The van der Waals surface area contributed by atoms with Gasteiger partial charge in [0.25, 0.3) is 0 Å². The summed E-state index contributed by atoms with van der Waals surface area (Å²) in [4.78, 5) is 3.33. The van der Waals surface area contributed by atoms with Crippen molar-refractivity contribution in [2.24, 2.45) is 5.92 Å². The second-order valence-electron chi connectivity index (χ2n) is 7.64. The van der Waals surface area contributed by atoms with Gasteiger partial charge in [-0.3, -0.25) is 0 Å². The normalized spacial score (nSPS) is 12.9. The van der Waals surface area contributed by atoms with Gasteiger partial charge in [-0.25, -0.2) is 0 Å². The van der Waals surface area contributed by atoms with Crippen LogP contribution in [0.3, 0.4) is 0 Å². The molecule has 0 bridgehead atoms. The highest BCUT2D eigenvalue weighted by molar-refractivity contribution is 5.93.